The van der Waals surface area contributed by atoms with Crippen LogP contribution in [0.1, 0.15) is 33.9 Å². The summed E-state index contributed by atoms with van der Waals surface area (Å²) in [5, 5.41) is 13.1. The average Bonchev–Trinajstić information content (AvgIpc) is 3.15. The number of aromatic amines is 1. The van der Waals surface area contributed by atoms with Crippen LogP contribution >= 0.6 is 7.75 Å². The predicted molar refractivity (Wildman–Crippen MR) is 151 cm³/mol. The molecule has 0 bridgehead atoms. The van der Waals surface area contributed by atoms with Gasteiger partial charge in [0.05, 0.1) is 12.7 Å². The zero-order valence-corrected chi connectivity index (χ0v) is 24.6. The third kappa shape index (κ3) is 7.46. The Kier molecular flexibility index (Phi) is 9.67. The molecule has 0 radical (unpaired) electrons. The number of carbonyl (C=O) groups excluding carboxylic acids is 1. The molecular formula is C28H32F2N3O9P. The number of hydrogen-bond donors (Lipinski definition) is 3. The van der Waals surface area contributed by atoms with Crippen LogP contribution in [0.25, 0.3) is 11.1 Å². The molecule has 4 rings (SSSR count). The van der Waals surface area contributed by atoms with Crippen molar-refractivity contribution >= 4 is 13.7 Å². The summed E-state index contributed by atoms with van der Waals surface area (Å²) in [6.45, 7) is 4.79. The number of aliphatic hydroxyl groups is 1. The maximum atomic E-state index is 15.6. The smallest absolute Gasteiger partial charge is 0.459 e. The molecule has 0 aliphatic carbocycles. The molecule has 12 nitrogen and oxygen atoms in total. The van der Waals surface area contributed by atoms with Crippen molar-refractivity contribution in [3.63, 3.8) is 0 Å². The highest BCUT2D eigenvalue weighted by Crippen LogP contribution is 2.48. The zero-order valence-electron chi connectivity index (χ0n) is 23.7. The maximum absolute atomic E-state index is 15.6. The fourth-order valence-electron chi connectivity index (χ4n) is 4.39. The molecule has 2 aromatic carbocycles. The van der Waals surface area contributed by atoms with E-state index in [1.807, 2.05) is 4.98 Å². The van der Waals surface area contributed by atoms with Gasteiger partial charge in [-0.2, -0.15) is 5.09 Å². The Bertz CT molecular complexity index is 1610. The highest BCUT2D eigenvalue weighted by molar-refractivity contribution is 7.52. The van der Waals surface area contributed by atoms with Crippen molar-refractivity contribution in [2.75, 3.05) is 6.61 Å². The minimum Gasteiger partial charge on any atom is -0.462 e. The summed E-state index contributed by atoms with van der Waals surface area (Å²) in [4.78, 5) is 38.1. The number of hydrogen-bond acceptors (Lipinski definition) is 9. The highest BCUT2D eigenvalue weighted by Gasteiger charge is 2.56. The third-order valence-corrected chi connectivity index (χ3v) is 8.18. The van der Waals surface area contributed by atoms with E-state index >= 15 is 8.78 Å². The van der Waals surface area contributed by atoms with Gasteiger partial charge in [0.1, 0.15) is 29.8 Å². The van der Waals surface area contributed by atoms with Gasteiger partial charge in [-0.3, -0.25) is 23.7 Å². The molecule has 1 fully saturated rings. The Labute approximate surface area is 245 Å². The number of carbonyl (C=O) groups is 1. The fourth-order valence-corrected chi connectivity index (χ4v) is 5.89. The van der Waals surface area contributed by atoms with E-state index in [4.69, 9.17) is 18.5 Å². The summed E-state index contributed by atoms with van der Waals surface area (Å²) in [7, 11) is -4.58. The number of nitrogens with zero attached hydrogens (tertiary/aromatic N) is 1. The van der Waals surface area contributed by atoms with Crippen molar-refractivity contribution in [3.05, 3.63) is 87.4 Å². The lowest BCUT2D eigenvalue weighted by atomic mass is 9.98. The van der Waals surface area contributed by atoms with Gasteiger partial charge in [0.15, 0.2) is 11.9 Å². The summed E-state index contributed by atoms with van der Waals surface area (Å²) in [5.74, 6) is -1.71. The van der Waals surface area contributed by atoms with Gasteiger partial charge >= 0.3 is 19.4 Å². The van der Waals surface area contributed by atoms with Gasteiger partial charge in [-0.1, -0.05) is 30.3 Å². The van der Waals surface area contributed by atoms with Gasteiger partial charge in [0.25, 0.3) is 5.56 Å². The summed E-state index contributed by atoms with van der Waals surface area (Å²) in [5.41, 5.74) is -3.42. The quantitative estimate of drug-likeness (QED) is 0.213. The van der Waals surface area contributed by atoms with E-state index in [0.717, 1.165) is 29.8 Å². The van der Waals surface area contributed by atoms with Gasteiger partial charge in [-0.05, 0) is 45.4 Å². The van der Waals surface area contributed by atoms with Crippen LogP contribution in [-0.4, -0.2) is 57.3 Å². The molecule has 3 aromatic rings. The van der Waals surface area contributed by atoms with Gasteiger partial charge in [0, 0.05) is 23.9 Å². The van der Waals surface area contributed by atoms with E-state index in [0.29, 0.717) is 5.56 Å². The Morgan fingerprint density at radius 1 is 1.19 bits per heavy atom. The Balaban J connectivity index is 1.57. The molecule has 15 heteroatoms. The van der Waals surface area contributed by atoms with E-state index in [9.17, 15) is 24.1 Å². The van der Waals surface area contributed by atoms with Gasteiger partial charge in [-0.15, -0.1) is 0 Å². The summed E-state index contributed by atoms with van der Waals surface area (Å²) in [6, 6.07) is 12.1. The van der Waals surface area contributed by atoms with Gasteiger partial charge < -0.3 is 19.1 Å². The van der Waals surface area contributed by atoms with Crippen molar-refractivity contribution in [3.8, 4) is 16.9 Å². The zero-order chi connectivity index (χ0) is 31.5. The minimum absolute atomic E-state index is 0.224. The number of benzene rings is 2. The molecule has 1 saturated heterocycles. The first-order chi connectivity index (χ1) is 20.2. The number of halogens is 2. The minimum atomic E-state index is -4.58. The molecule has 2 heterocycles. The maximum Gasteiger partial charge on any atom is 0.459 e. The second-order valence-electron chi connectivity index (χ2n) is 10.4. The third-order valence-electron chi connectivity index (χ3n) is 6.54. The molecule has 43 heavy (non-hydrogen) atoms. The predicted octanol–water partition coefficient (Wildman–Crippen LogP) is 3.46. The molecule has 1 aliphatic heterocycles. The lowest BCUT2D eigenvalue weighted by Gasteiger charge is -2.25. The molecule has 232 valence electrons. The SMILES string of the molecule is CC(C)OC(=O)[C@H](C)NP(=O)(OC[C@H]1O[C@@H](n2ccc(=O)[nH]c2=O)[C@](C)(F)C1O)Oc1ccc(-c2ccccc2)c(F)c1. The van der Waals surface area contributed by atoms with Crippen LogP contribution in [0.5, 0.6) is 5.75 Å². The van der Waals surface area contributed by atoms with E-state index in [1.54, 1.807) is 44.2 Å². The lowest BCUT2D eigenvalue weighted by Crippen LogP contribution is -2.43. The first-order valence-corrected chi connectivity index (χ1v) is 14.9. The van der Waals surface area contributed by atoms with E-state index in [2.05, 4.69) is 5.09 Å². The number of rotatable bonds is 11. The fraction of sp³-hybridized carbons (Fsp3) is 0.393. The van der Waals surface area contributed by atoms with Gasteiger partial charge in [-0.25, -0.2) is 18.1 Å². The van der Waals surface area contributed by atoms with Crippen molar-refractivity contribution in [1.29, 1.82) is 0 Å². The van der Waals surface area contributed by atoms with Crippen molar-refractivity contribution in [2.45, 2.75) is 63.9 Å². The monoisotopic (exact) mass is 623 g/mol. The van der Waals surface area contributed by atoms with Crippen molar-refractivity contribution in [2.24, 2.45) is 0 Å². The molecule has 1 aromatic heterocycles. The topological polar surface area (TPSA) is 158 Å². The normalized spacial score (nSPS) is 24.0. The first-order valence-electron chi connectivity index (χ1n) is 13.3. The molecule has 6 atom stereocenters. The summed E-state index contributed by atoms with van der Waals surface area (Å²) in [6.07, 6.45) is -4.56. The van der Waals surface area contributed by atoms with E-state index in [-0.39, 0.29) is 11.3 Å². The number of ether oxygens (including phenoxy) is 2. The van der Waals surface area contributed by atoms with E-state index in [1.165, 1.54) is 19.1 Å². The lowest BCUT2D eigenvalue weighted by molar-refractivity contribution is -0.149. The number of nitrogens with one attached hydrogen (secondary N) is 2. The van der Waals surface area contributed by atoms with Crippen LogP contribution in [0.4, 0.5) is 8.78 Å². The number of esters is 1. The summed E-state index contributed by atoms with van der Waals surface area (Å²) >= 11 is 0. The molecule has 0 saturated carbocycles. The molecule has 2 unspecified atom stereocenters. The second-order valence-corrected chi connectivity index (χ2v) is 12.1. The second kappa shape index (κ2) is 12.9. The Morgan fingerprint density at radius 2 is 1.88 bits per heavy atom. The van der Waals surface area contributed by atoms with Crippen LogP contribution in [0, 0.1) is 5.82 Å². The molecule has 0 spiro atoms. The van der Waals surface area contributed by atoms with Crippen molar-refractivity contribution < 1.29 is 41.8 Å². The van der Waals surface area contributed by atoms with E-state index < -0.39 is 73.6 Å². The largest absolute Gasteiger partial charge is 0.462 e. The highest BCUT2D eigenvalue weighted by atomic mass is 31.2. The van der Waals surface area contributed by atoms with Crippen LogP contribution in [0.15, 0.2) is 70.4 Å². The van der Waals surface area contributed by atoms with Crippen LogP contribution in [-0.2, 0) is 23.4 Å². The number of alkyl halides is 1. The number of H-pyrrole nitrogens is 1. The Hall–Kier alpha value is -3.68. The standard InChI is InChI=1S/C28H32F2N3O9P/c1-16(2)40-25(36)17(3)32-43(38,42-19-10-11-20(21(29)14-19)18-8-6-5-7-9-18)39-15-22-24(35)28(4,30)26(41-22)33-13-12-23(34)31-27(33)37/h5-14,16-17,22,24,26,35H,15H2,1-4H3,(H,32,38)(H,31,34,37)/t17-,22+,24?,26+,28+,43?/m0/s1. The number of aromatic nitrogens is 2. The van der Waals surface area contributed by atoms with Crippen molar-refractivity contribution in [1.82, 2.24) is 14.6 Å². The van der Waals surface area contributed by atoms with Crippen LogP contribution in [0.3, 0.4) is 0 Å². The average molecular weight is 624 g/mol. The van der Waals surface area contributed by atoms with Gasteiger partial charge in [0.2, 0.25) is 0 Å². The molecule has 3 N–H and O–H groups in total. The molecule has 0 amide bonds. The molecular weight excluding hydrogens is 591 g/mol. The first kappa shape index (κ1) is 32.2. The van der Waals surface area contributed by atoms with Crippen LogP contribution < -0.4 is 20.9 Å². The summed E-state index contributed by atoms with van der Waals surface area (Å²) < 4.78 is 67.0. The Morgan fingerprint density at radius 3 is 2.51 bits per heavy atom. The number of aliphatic hydroxyl groups excluding tert-OH is 1. The van der Waals surface area contributed by atoms with Crippen LogP contribution in [0.2, 0.25) is 0 Å². The molecule has 1 aliphatic rings.